The van der Waals surface area contributed by atoms with E-state index >= 15 is 0 Å². The summed E-state index contributed by atoms with van der Waals surface area (Å²) in [5.74, 6) is 0.666. The van der Waals surface area contributed by atoms with Gasteiger partial charge in [-0.1, -0.05) is 6.07 Å². The summed E-state index contributed by atoms with van der Waals surface area (Å²) in [6, 6.07) is 5.97. The van der Waals surface area contributed by atoms with Gasteiger partial charge in [0.05, 0.1) is 5.69 Å². The zero-order valence-corrected chi connectivity index (χ0v) is 9.44. The predicted octanol–water partition coefficient (Wildman–Crippen LogP) is 1.81. The van der Waals surface area contributed by atoms with Crippen molar-refractivity contribution in [3.05, 3.63) is 47.5 Å². The molecule has 0 amide bonds. The predicted molar refractivity (Wildman–Crippen MR) is 63.4 cm³/mol. The molecule has 82 valence electrons. The van der Waals surface area contributed by atoms with E-state index in [-0.39, 0.29) is 0 Å². The third-order valence-corrected chi connectivity index (χ3v) is 2.24. The molecule has 4 nitrogen and oxygen atoms in total. The smallest absolute Gasteiger partial charge is 0.222 e. The highest BCUT2D eigenvalue weighted by molar-refractivity contribution is 5.29. The number of aromatic nitrogens is 3. The number of hydrogen-bond donors (Lipinski definition) is 1. The third kappa shape index (κ3) is 2.53. The summed E-state index contributed by atoms with van der Waals surface area (Å²) in [6.07, 6.45) is 4.41. The molecular formula is C12H14N4. The molecule has 1 N–H and O–H groups in total. The van der Waals surface area contributed by atoms with Gasteiger partial charge in [-0.3, -0.25) is 4.98 Å². The zero-order valence-electron chi connectivity index (χ0n) is 9.44. The van der Waals surface area contributed by atoms with E-state index in [1.165, 1.54) is 0 Å². The Labute approximate surface area is 94.8 Å². The van der Waals surface area contributed by atoms with Crippen LogP contribution in [0.2, 0.25) is 0 Å². The molecule has 2 aromatic heterocycles. The van der Waals surface area contributed by atoms with Gasteiger partial charge in [-0.15, -0.1) is 0 Å². The first-order chi connectivity index (χ1) is 7.78. The number of nitrogens with zero attached hydrogens (tertiary/aromatic N) is 3. The van der Waals surface area contributed by atoms with Crippen molar-refractivity contribution >= 4 is 5.95 Å². The van der Waals surface area contributed by atoms with E-state index in [0.29, 0.717) is 5.95 Å². The lowest BCUT2D eigenvalue weighted by molar-refractivity contribution is 0.994. The van der Waals surface area contributed by atoms with Crippen LogP contribution < -0.4 is 5.32 Å². The van der Waals surface area contributed by atoms with E-state index in [9.17, 15) is 0 Å². The van der Waals surface area contributed by atoms with Gasteiger partial charge in [-0.25, -0.2) is 9.97 Å². The van der Waals surface area contributed by atoms with Gasteiger partial charge in [0, 0.05) is 31.6 Å². The number of hydrogen-bond acceptors (Lipinski definition) is 4. The Bertz CT molecular complexity index is 468. The average Bonchev–Trinajstić information content (AvgIpc) is 2.29. The first-order valence-corrected chi connectivity index (χ1v) is 5.19. The van der Waals surface area contributed by atoms with E-state index in [1.54, 1.807) is 6.20 Å². The van der Waals surface area contributed by atoms with Crippen molar-refractivity contribution in [1.82, 2.24) is 15.0 Å². The van der Waals surface area contributed by atoms with Crippen molar-refractivity contribution in [1.29, 1.82) is 0 Å². The van der Waals surface area contributed by atoms with Gasteiger partial charge in [0.25, 0.3) is 0 Å². The lowest BCUT2D eigenvalue weighted by Gasteiger charge is -2.05. The van der Waals surface area contributed by atoms with Crippen LogP contribution in [-0.2, 0) is 6.42 Å². The van der Waals surface area contributed by atoms with Gasteiger partial charge in [-0.05, 0) is 24.6 Å². The van der Waals surface area contributed by atoms with Gasteiger partial charge in [0.1, 0.15) is 0 Å². The summed E-state index contributed by atoms with van der Waals surface area (Å²) in [5, 5.41) is 2.96. The Morgan fingerprint density at radius 2 is 2.19 bits per heavy atom. The second-order valence-electron chi connectivity index (χ2n) is 3.61. The number of pyridine rings is 1. The number of anilines is 1. The molecule has 0 saturated carbocycles. The Kier molecular flexibility index (Phi) is 3.10. The van der Waals surface area contributed by atoms with Crippen LogP contribution in [0, 0.1) is 6.92 Å². The standard InChI is InChI=1S/C12H14N4/c1-9-6-11(16-12(13-2)15-9)7-10-4-3-5-14-8-10/h3-6,8H,7H2,1-2H3,(H,13,15,16). The highest BCUT2D eigenvalue weighted by Crippen LogP contribution is 2.09. The van der Waals surface area contributed by atoms with Crippen molar-refractivity contribution < 1.29 is 0 Å². The van der Waals surface area contributed by atoms with Gasteiger partial charge in [0.2, 0.25) is 5.95 Å². The first-order valence-electron chi connectivity index (χ1n) is 5.19. The van der Waals surface area contributed by atoms with E-state index in [2.05, 4.69) is 20.3 Å². The molecule has 0 fully saturated rings. The van der Waals surface area contributed by atoms with Crippen LogP contribution in [0.4, 0.5) is 5.95 Å². The summed E-state index contributed by atoms with van der Waals surface area (Å²) in [6.45, 7) is 1.97. The van der Waals surface area contributed by atoms with Crippen LogP contribution >= 0.6 is 0 Å². The fourth-order valence-electron chi connectivity index (χ4n) is 1.55. The number of nitrogens with one attached hydrogen (secondary N) is 1. The minimum absolute atomic E-state index is 0.666. The second-order valence-corrected chi connectivity index (χ2v) is 3.61. The molecular weight excluding hydrogens is 200 g/mol. The molecule has 0 aromatic carbocycles. The molecule has 4 heteroatoms. The topological polar surface area (TPSA) is 50.7 Å². The van der Waals surface area contributed by atoms with Crippen LogP contribution in [0.15, 0.2) is 30.6 Å². The molecule has 0 atom stereocenters. The minimum Gasteiger partial charge on any atom is -0.357 e. The van der Waals surface area contributed by atoms with Crippen LogP contribution in [0.25, 0.3) is 0 Å². The molecule has 2 aromatic rings. The molecule has 0 saturated heterocycles. The fraction of sp³-hybridized carbons (Fsp3) is 0.250. The Morgan fingerprint density at radius 1 is 1.31 bits per heavy atom. The van der Waals surface area contributed by atoms with Gasteiger partial charge in [-0.2, -0.15) is 0 Å². The molecule has 0 bridgehead atoms. The van der Waals surface area contributed by atoms with Crippen molar-refractivity contribution in [2.45, 2.75) is 13.3 Å². The summed E-state index contributed by atoms with van der Waals surface area (Å²) in [7, 11) is 1.82. The first kappa shape index (κ1) is 10.5. The van der Waals surface area contributed by atoms with Crippen molar-refractivity contribution in [2.75, 3.05) is 12.4 Å². The second kappa shape index (κ2) is 4.70. The lowest BCUT2D eigenvalue weighted by atomic mass is 10.1. The lowest BCUT2D eigenvalue weighted by Crippen LogP contribution is -2.02. The molecule has 0 radical (unpaired) electrons. The molecule has 0 aliphatic heterocycles. The Balaban J connectivity index is 2.24. The maximum absolute atomic E-state index is 4.40. The number of aryl methyl sites for hydroxylation is 1. The molecule has 2 heterocycles. The van der Waals surface area contributed by atoms with Crippen LogP contribution in [0.3, 0.4) is 0 Å². The number of rotatable bonds is 3. The van der Waals surface area contributed by atoms with Gasteiger partial charge < -0.3 is 5.32 Å². The molecule has 0 unspecified atom stereocenters. The van der Waals surface area contributed by atoms with E-state index in [0.717, 1.165) is 23.4 Å². The molecule has 2 rings (SSSR count). The van der Waals surface area contributed by atoms with E-state index < -0.39 is 0 Å². The molecule has 0 spiro atoms. The molecule has 0 aliphatic rings. The van der Waals surface area contributed by atoms with Crippen LogP contribution in [0.5, 0.6) is 0 Å². The minimum atomic E-state index is 0.666. The van der Waals surface area contributed by atoms with Crippen LogP contribution in [0.1, 0.15) is 17.0 Å². The summed E-state index contributed by atoms with van der Waals surface area (Å²) >= 11 is 0. The van der Waals surface area contributed by atoms with E-state index in [4.69, 9.17) is 0 Å². The van der Waals surface area contributed by atoms with Crippen molar-refractivity contribution in [2.24, 2.45) is 0 Å². The highest BCUT2D eigenvalue weighted by Gasteiger charge is 2.02. The maximum atomic E-state index is 4.40. The molecule has 16 heavy (non-hydrogen) atoms. The maximum Gasteiger partial charge on any atom is 0.222 e. The SMILES string of the molecule is CNc1nc(C)cc(Cc2cccnc2)n1. The summed E-state index contributed by atoms with van der Waals surface area (Å²) in [5.41, 5.74) is 3.13. The quantitative estimate of drug-likeness (QED) is 0.846. The summed E-state index contributed by atoms with van der Waals surface area (Å²) < 4.78 is 0. The molecule has 0 aliphatic carbocycles. The highest BCUT2D eigenvalue weighted by atomic mass is 15.1. The largest absolute Gasteiger partial charge is 0.357 e. The van der Waals surface area contributed by atoms with Crippen LogP contribution in [-0.4, -0.2) is 22.0 Å². The normalized spacial score (nSPS) is 10.1. The Morgan fingerprint density at radius 3 is 2.88 bits per heavy atom. The van der Waals surface area contributed by atoms with Gasteiger partial charge in [0.15, 0.2) is 0 Å². The fourth-order valence-corrected chi connectivity index (χ4v) is 1.55. The van der Waals surface area contributed by atoms with Gasteiger partial charge >= 0.3 is 0 Å². The third-order valence-electron chi connectivity index (χ3n) is 2.24. The zero-order chi connectivity index (χ0) is 11.4. The van der Waals surface area contributed by atoms with Crippen molar-refractivity contribution in [3.8, 4) is 0 Å². The average molecular weight is 214 g/mol. The summed E-state index contributed by atoms with van der Waals surface area (Å²) in [4.78, 5) is 12.7. The monoisotopic (exact) mass is 214 g/mol. The van der Waals surface area contributed by atoms with Crippen molar-refractivity contribution in [3.63, 3.8) is 0 Å². The Hall–Kier alpha value is -1.97. The van der Waals surface area contributed by atoms with E-state index in [1.807, 2.05) is 38.4 Å².